The molecule has 1 aromatic rings. The van der Waals surface area contributed by atoms with E-state index in [0.717, 1.165) is 0 Å². The van der Waals surface area contributed by atoms with Crippen molar-refractivity contribution >= 4 is 26.1 Å². The fourth-order valence-corrected chi connectivity index (χ4v) is 4.89. The van der Waals surface area contributed by atoms with E-state index in [1.807, 2.05) is 11.5 Å². The predicted molar refractivity (Wildman–Crippen MR) is 85.6 cm³/mol. The van der Waals surface area contributed by atoms with Gasteiger partial charge >= 0.3 is 37.1 Å². The van der Waals surface area contributed by atoms with Gasteiger partial charge in [-0.15, -0.1) is 0 Å². The van der Waals surface area contributed by atoms with Gasteiger partial charge in [0.05, 0.1) is 16.5 Å². The van der Waals surface area contributed by atoms with Crippen molar-refractivity contribution in [3.8, 4) is 0 Å². The number of alkyl halides is 6. The van der Waals surface area contributed by atoms with Gasteiger partial charge in [-0.1, -0.05) is 0 Å². The third-order valence-electron chi connectivity index (χ3n) is 3.88. The zero-order valence-corrected chi connectivity index (χ0v) is 16.9. The van der Waals surface area contributed by atoms with Crippen LogP contribution < -0.4 is 4.57 Å². The van der Waals surface area contributed by atoms with Crippen LogP contribution >= 0.6 is 0 Å². The first kappa shape index (κ1) is 24.2. The van der Waals surface area contributed by atoms with E-state index in [0.29, 0.717) is 19.5 Å². The first-order chi connectivity index (χ1) is 13.6. The van der Waals surface area contributed by atoms with E-state index in [1.165, 1.54) is 0 Å². The van der Waals surface area contributed by atoms with Gasteiger partial charge in [-0.3, -0.25) is 0 Å². The van der Waals surface area contributed by atoms with Crippen molar-refractivity contribution in [3.05, 3.63) is 18.7 Å². The Morgan fingerprint density at radius 1 is 1.13 bits per heavy atom. The number of imidazole rings is 1. The summed E-state index contributed by atoms with van der Waals surface area (Å²) in [5.41, 5.74) is -12.7. The maximum Gasteiger partial charge on any atom is 0.586 e. The minimum Gasteiger partial charge on any atom is -0.409 e. The Balaban J connectivity index is 2.25. The molecule has 2 rings (SSSR count). The molecule has 1 saturated heterocycles. The summed E-state index contributed by atoms with van der Waals surface area (Å²) in [5, 5.41) is 0. The lowest BCUT2D eigenvalue weighted by Crippen LogP contribution is -2.46. The second-order valence-corrected chi connectivity index (χ2v) is 9.83. The lowest BCUT2D eigenvalue weighted by molar-refractivity contribution is -0.697. The molecule has 1 aliphatic heterocycles. The second-order valence-electron chi connectivity index (χ2n) is 6.04. The van der Waals surface area contributed by atoms with Crippen molar-refractivity contribution in [2.75, 3.05) is 6.61 Å². The molecular formula is C13H17F6N3O6S2+2. The molecule has 17 heteroatoms. The highest BCUT2D eigenvalue weighted by atomic mass is 32.3. The molecule has 0 aliphatic carbocycles. The average Bonchev–Trinajstić information content (AvgIpc) is 3.22. The van der Waals surface area contributed by atoms with Gasteiger partial charge in [0.2, 0.25) is 6.33 Å². The number of rotatable bonds is 7. The van der Waals surface area contributed by atoms with Gasteiger partial charge in [-0.25, -0.2) is 9.13 Å². The van der Waals surface area contributed by atoms with Crippen LogP contribution in [0.5, 0.6) is 0 Å². The largest absolute Gasteiger partial charge is 0.586 e. The lowest BCUT2D eigenvalue weighted by atomic mass is 10.2. The third kappa shape index (κ3) is 4.81. The third-order valence-corrected chi connectivity index (χ3v) is 7.40. The Hall–Kier alpha value is -2.04. The monoisotopic (exact) mass is 489 g/mol. The molecule has 0 spiro atoms. The number of hydrogen-bond acceptors (Lipinski definition) is 6. The van der Waals surface area contributed by atoms with Crippen LogP contribution in [-0.4, -0.2) is 54.6 Å². The first-order valence-corrected chi connectivity index (χ1v) is 11.1. The highest BCUT2D eigenvalue weighted by molar-refractivity contribution is 7.98. The number of halogens is 6. The number of ether oxygens (including phenoxy) is 2. The van der Waals surface area contributed by atoms with Gasteiger partial charge in [0, 0.05) is 0 Å². The highest BCUT2D eigenvalue weighted by Crippen LogP contribution is 2.33. The number of aromatic nitrogens is 2. The van der Waals surface area contributed by atoms with Crippen molar-refractivity contribution in [1.29, 1.82) is 0 Å². The minimum absolute atomic E-state index is 0.0414. The summed E-state index contributed by atoms with van der Waals surface area (Å²) in [4.78, 5) is 0. The molecule has 0 bridgehead atoms. The van der Waals surface area contributed by atoms with Gasteiger partial charge in [-0.2, -0.15) is 43.2 Å². The molecule has 172 valence electrons. The highest BCUT2D eigenvalue weighted by Gasteiger charge is 2.70. The Kier molecular flexibility index (Phi) is 6.65. The van der Waals surface area contributed by atoms with Crippen LogP contribution in [0.15, 0.2) is 18.7 Å². The van der Waals surface area contributed by atoms with Crippen molar-refractivity contribution in [3.63, 3.8) is 0 Å². The molecule has 1 fully saturated rings. The molecule has 0 amide bonds. The van der Waals surface area contributed by atoms with Crippen LogP contribution in [-0.2, 0) is 42.6 Å². The molecule has 2 heterocycles. The van der Waals surface area contributed by atoms with Crippen LogP contribution in [0.1, 0.15) is 19.8 Å². The fraction of sp³-hybridized carbons (Fsp3) is 0.692. The van der Waals surface area contributed by atoms with Crippen molar-refractivity contribution in [2.24, 2.45) is 0 Å². The molecule has 9 nitrogen and oxygen atoms in total. The van der Waals surface area contributed by atoms with Gasteiger partial charge in [0.25, 0.3) is 0 Å². The number of aryl methyl sites for hydroxylation is 2. The summed E-state index contributed by atoms with van der Waals surface area (Å²) in [6.45, 7) is 2.39. The molecule has 1 atom stereocenters. The zero-order chi connectivity index (χ0) is 23.0. The Morgan fingerprint density at radius 3 is 2.17 bits per heavy atom. The summed E-state index contributed by atoms with van der Waals surface area (Å²) in [5.74, 6) is 0. The van der Waals surface area contributed by atoms with Crippen molar-refractivity contribution < 1.29 is 60.6 Å². The molecule has 0 aromatic carbocycles. The van der Waals surface area contributed by atoms with Crippen LogP contribution in [0.4, 0.5) is 26.3 Å². The summed E-state index contributed by atoms with van der Waals surface area (Å²) in [6, 6.07) is 0. The van der Waals surface area contributed by atoms with Crippen LogP contribution in [0.3, 0.4) is 0 Å². The van der Waals surface area contributed by atoms with Crippen LogP contribution in [0.25, 0.3) is 0 Å². The molecule has 1 unspecified atom stereocenters. The van der Waals surface area contributed by atoms with Gasteiger partial charge in [0.1, 0.15) is 25.1 Å². The summed E-state index contributed by atoms with van der Waals surface area (Å²) in [6.07, 6.45) is 2.58. The molecular weight excluding hydrogens is 472 g/mol. The maximum absolute atomic E-state index is 12.8. The normalized spacial score (nSPS) is 18.2. The van der Waals surface area contributed by atoms with Crippen LogP contribution in [0, 0.1) is 0 Å². The van der Waals surface area contributed by atoms with E-state index in [4.69, 9.17) is 4.74 Å². The molecule has 0 N–H and O–H groups in total. The second kappa shape index (κ2) is 8.24. The quantitative estimate of drug-likeness (QED) is 0.420. The van der Waals surface area contributed by atoms with E-state index >= 15 is 0 Å². The Bertz CT molecular complexity index is 967. The van der Waals surface area contributed by atoms with Gasteiger partial charge in [-0.05, 0) is 19.8 Å². The minimum atomic E-state index is -7.02. The maximum atomic E-state index is 12.8. The smallest absolute Gasteiger partial charge is 0.409 e. The first-order valence-electron chi connectivity index (χ1n) is 8.25. The topological polar surface area (TPSA) is 98.6 Å². The molecule has 30 heavy (non-hydrogen) atoms. The van der Waals surface area contributed by atoms with Gasteiger partial charge < -0.3 is 9.47 Å². The Morgan fingerprint density at radius 2 is 1.70 bits per heavy atom. The summed E-state index contributed by atoms with van der Waals surface area (Å²) >= 11 is 0. The van der Waals surface area contributed by atoms with E-state index in [2.05, 4.69) is 4.74 Å². The Labute approximate surface area is 167 Å². The zero-order valence-electron chi connectivity index (χ0n) is 15.2. The fourth-order valence-electron chi connectivity index (χ4n) is 2.39. The summed E-state index contributed by atoms with van der Waals surface area (Å²) in [7, 11) is -14.0. The molecule has 0 saturated carbocycles. The van der Waals surface area contributed by atoms with Crippen molar-refractivity contribution in [1.82, 2.24) is 4.57 Å². The molecule has 1 aliphatic rings. The summed E-state index contributed by atoms with van der Waals surface area (Å²) < 4.78 is 134. The molecule has 1 aromatic heterocycles. The number of sulfonamides is 2. The van der Waals surface area contributed by atoms with E-state index < -0.39 is 53.2 Å². The van der Waals surface area contributed by atoms with E-state index in [-0.39, 0.29) is 6.42 Å². The number of nitrogens with zero attached hydrogens (tertiary/aromatic N) is 3. The number of hydrogen-bond donors (Lipinski definition) is 0. The SMILES string of the molecule is CCn1cc[n+](CCCC2COC(=[N+](S(=O)(=O)C(F)(F)F)S(=O)(=O)C(F)(F)F)O2)c1. The lowest BCUT2D eigenvalue weighted by Gasteiger charge is -2.09. The van der Waals surface area contributed by atoms with Crippen molar-refractivity contribution in [2.45, 2.75) is 50.0 Å². The van der Waals surface area contributed by atoms with Gasteiger partial charge in [0.15, 0.2) is 0 Å². The standard InChI is InChI=1S/C13H17F6N3O6S2/c1-2-20-6-7-21(9-20)5-3-4-10-8-27-11(28-10)22(29(23,24)12(14,15)16)30(25,26)13(17,18)19/h6-7,9-10H,2-5,8H2,1H3/q+2. The van der Waals surface area contributed by atoms with E-state index in [9.17, 15) is 43.2 Å². The van der Waals surface area contributed by atoms with E-state index in [1.54, 1.807) is 23.3 Å². The van der Waals surface area contributed by atoms with Crippen LogP contribution in [0.2, 0.25) is 0 Å². The average molecular weight is 489 g/mol. The predicted octanol–water partition coefficient (Wildman–Crippen LogP) is 1.06. The molecule has 0 radical (unpaired) electrons.